The Morgan fingerprint density at radius 3 is 2.31 bits per heavy atom. The monoisotopic (exact) mass is 399 g/mol. The first-order chi connectivity index (χ1) is 13.8. The smallest absolute Gasteiger partial charge is 0.306 e. The molecule has 154 valence electrons. The van der Waals surface area contributed by atoms with Crippen molar-refractivity contribution in [3.8, 4) is 11.5 Å². The Balaban J connectivity index is 1.82. The molecule has 0 aliphatic carbocycles. The standard InChI is InChI=1S/C22H25NO6/c1-14-5-6-16(11-15(14)2)19(24)8-10-22(26)29-13-21(25)23-18-12-17(27-3)7-9-20(18)28-4/h5-7,9,11-12H,8,10,13H2,1-4H3,(H,23,25). The van der Waals surface area contributed by atoms with Crippen molar-refractivity contribution in [1.29, 1.82) is 0 Å². The lowest BCUT2D eigenvalue weighted by atomic mass is 10.0. The zero-order valence-electron chi connectivity index (χ0n) is 17.0. The number of rotatable bonds is 9. The van der Waals surface area contributed by atoms with Gasteiger partial charge in [0.1, 0.15) is 11.5 Å². The highest BCUT2D eigenvalue weighted by atomic mass is 16.5. The number of nitrogens with one attached hydrogen (secondary N) is 1. The Kier molecular flexibility index (Phi) is 7.77. The predicted octanol–water partition coefficient (Wildman–Crippen LogP) is 3.47. The number of methoxy groups -OCH3 is 2. The Labute approximate surface area is 170 Å². The Morgan fingerprint density at radius 2 is 1.66 bits per heavy atom. The van der Waals surface area contributed by atoms with Crippen LogP contribution in [0.2, 0.25) is 0 Å². The molecular formula is C22H25NO6. The number of ketones is 1. The lowest BCUT2D eigenvalue weighted by Gasteiger charge is -2.12. The summed E-state index contributed by atoms with van der Waals surface area (Å²) in [6, 6.07) is 10.4. The molecule has 2 rings (SSSR count). The fourth-order valence-electron chi connectivity index (χ4n) is 2.59. The molecule has 2 aromatic rings. The van der Waals surface area contributed by atoms with E-state index in [9.17, 15) is 14.4 Å². The molecule has 0 atom stereocenters. The lowest BCUT2D eigenvalue weighted by molar-refractivity contribution is -0.147. The number of esters is 1. The molecule has 0 aliphatic rings. The van der Waals surface area contributed by atoms with Crippen molar-refractivity contribution in [2.75, 3.05) is 26.1 Å². The van der Waals surface area contributed by atoms with Gasteiger partial charge in [-0.1, -0.05) is 12.1 Å². The quantitative estimate of drug-likeness (QED) is 0.513. The van der Waals surface area contributed by atoms with Gasteiger partial charge in [-0.2, -0.15) is 0 Å². The molecule has 0 saturated carbocycles. The van der Waals surface area contributed by atoms with Gasteiger partial charge in [0.05, 0.1) is 26.3 Å². The second kappa shape index (κ2) is 10.3. The zero-order chi connectivity index (χ0) is 21.4. The molecule has 29 heavy (non-hydrogen) atoms. The molecule has 0 spiro atoms. The van der Waals surface area contributed by atoms with Crippen LogP contribution in [0.15, 0.2) is 36.4 Å². The highest BCUT2D eigenvalue weighted by molar-refractivity contribution is 5.98. The average Bonchev–Trinajstić information content (AvgIpc) is 2.72. The van der Waals surface area contributed by atoms with Crippen LogP contribution in [0.1, 0.15) is 34.3 Å². The molecule has 0 unspecified atom stereocenters. The summed E-state index contributed by atoms with van der Waals surface area (Å²) in [6.07, 6.45) is -0.0752. The minimum Gasteiger partial charge on any atom is -0.497 e. The van der Waals surface area contributed by atoms with Crippen LogP contribution in [0, 0.1) is 13.8 Å². The number of carbonyl (C=O) groups is 3. The van der Waals surface area contributed by atoms with Crippen LogP contribution in [0.25, 0.3) is 0 Å². The van der Waals surface area contributed by atoms with E-state index in [1.54, 1.807) is 30.3 Å². The molecule has 7 nitrogen and oxygen atoms in total. The van der Waals surface area contributed by atoms with Crippen molar-refractivity contribution in [3.63, 3.8) is 0 Å². The lowest BCUT2D eigenvalue weighted by Crippen LogP contribution is -2.21. The number of carbonyl (C=O) groups excluding carboxylic acids is 3. The van der Waals surface area contributed by atoms with E-state index in [1.165, 1.54) is 14.2 Å². The van der Waals surface area contributed by atoms with E-state index in [-0.39, 0.29) is 18.6 Å². The van der Waals surface area contributed by atoms with Gasteiger partial charge in [-0.25, -0.2) is 0 Å². The Bertz CT molecular complexity index is 906. The largest absolute Gasteiger partial charge is 0.497 e. The van der Waals surface area contributed by atoms with Crippen molar-refractivity contribution in [2.24, 2.45) is 0 Å². The third-order valence-electron chi connectivity index (χ3n) is 4.43. The second-order valence-corrected chi connectivity index (χ2v) is 6.50. The van der Waals surface area contributed by atoms with Crippen LogP contribution < -0.4 is 14.8 Å². The van der Waals surface area contributed by atoms with Crippen molar-refractivity contribution in [3.05, 3.63) is 53.1 Å². The summed E-state index contributed by atoms with van der Waals surface area (Å²) < 4.78 is 15.3. The molecule has 7 heteroatoms. The second-order valence-electron chi connectivity index (χ2n) is 6.50. The number of anilines is 1. The number of Topliss-reactive ketones (excluding diaryl/α,β-unsaturated/α-hetero) is 1. The molecule has 0 bridgehead atoms. The highest BCUT2D eigenvalue weighted by Crippen LogP contribution is 2.28. The third kappa shape index (κ3) is 6.34. The third-order valence-corrected chi connectivity index (χ3v) is 4.43. The van der Waals surface area contributed by atoms with Gasteiger partial charge in [0.15, 0.2) is 12.4 Å². The first-order valence-electron chi connectivity index (χ1n) is 9.12. The van der Waals surface area contributed by atoms with Crippen molar-refractivity contribution < 1.29 is 28.6 Å². The molecule has 0 heterocycles. The van der Waals surface area contributed by atoms with E-state index >= 15 is 0 Å². The zero-order valence-corrected chi connectivity index (χ0v) is 17.0. The van der Waals surface area contributed by atoms with Gasteiger partial charge < -0.3 is 19.5 Å². The molecule has 0 fully saturated rings. The van der Waals surface area contributed by atoms with Crippen LogP contribution in [0.5, 0.6) is 11.5 Å². The van der Waals surface area contributed by atoms with E-state index in [0.29, 0.717) is 22.7 Å². The number of hydrogen-bond donors (Lipinski definition) is 1. The minimum absolute atomic E-state index is 0.0205. The van der Waals surface area contributed by atoms with E-state index < -0.39 is 18.5 Å². The number of amides is 1. The van der Waals surface area contributed by atoms with E-state index in [0.717, 1.165) is 11.1 Å². The van der Waals surface area contributed by atoms with E-state index in [2.05, 4.69) is 5.32 Å². The first kappa shape index (κ1) is 21.9. The summed E-state index contributed by atoms with van der Waals surface area (Å²) in [5.74, 6) is -0.289. The maximum Gasteiger partial charge on any atom is 0.306 e. The van der Waals surface area contributed by atoms with Gasteiger partial charge >= 0.3 is 5.97 Å². The summed E-state index contributed by atoms with van der Waals surface area (Å²) in [6.45, 7) is 3.43. The van der Waals surface area contributed by atoms with Crippen molar-refractivity contribution >= 4 is 23.3 Å². The fraction of sp³-hybridized carbons (Fsp3) is 0.318. The van der Waals surface area contributed by atoms with Crippen LogP contribution in [-0.2, 0) is 14.3 Å². The number of aryl methyl sites for hydroxylation is 2. The van der Waals surface area contributed by atoms with Gasteiger partial charge in [0.2, 0.25) is 0 Å². The van der Waals surface area contributed by atoms with Gasteiger partial charge in [0.25, 0.3) is 5.91 Å². The molecule has 0 aliphatic heterocycles. The maximum atomic E-state index is 12.2. The van der Waals surface area contributed by atoms with Gasteiger partial charge in [-0.3, -0.25) is 14.4 Å². The van der Waals surface area contributed by atoms with Gasteiger partial charge in [-0.15, -0.1) is 0 Å². The summed E-state index contributed by atoms with van der Waals surface area (Å²) in [4.78, 5) is 36.2. The molecule has 2 aromatic carbocycles. The molecular weight excluding hydrogens is 374 g/mol. The number of ether oxygens (including phenoxy) is 3. The maximum absolute atomic E-state index is 12.2. The highest BCUT2D eigenvalue weighted by Gasteiger charge is 2.14. The normalized spacial score (nSPS) is 10.2. The van der Waals surface area contributed by atoms with Gasteiger partial charge in [0, 0.05) is 18.1 Å². The van der Waals surface area contributed by atoms with E-state index in [4.69, 9.17) is 14.2 Å². The summed E-state index contributed by atoms with van der Waals surface area (Å²) in [5, 5.41) is 2.61. The van der Waals surface area contributed by atoms with Gasteiger partial charge in [-0.05, 0) is 43.2 Å². The van der Waals surface area contributed by atoms with Crippen molar-refractivity contribution in [1.82, 2.24) is 0 Å². The average molecular weight is 399 g/mol. The Morgan fingerprint density at radius 1 is 0.897 bits per heavy atom. The molecule has 1 N–H and O–H groups in total. The minimum atomic E-state index is -0.616. The first-order valence-corrected chi connectivity index (χ1v) is 9.12. The number of benzene rings is 2. The molecule has 0 radical (unpaired) electrons. The summed E-state index contributed by atoms with van der Waals surface area (Å²) >= 11 is 0. The summed E-state index contributed by atoms with van der Waals surface area (Å²) in [5.41, 5.74) is 3.07. The summed E-state index contributed by atoms with van der Waals surface area (Å²) in [7, 11) is 2.98. The van der Waals surface area contributed by atoms with Crippen molar-refractivity contribution in [2.45, 2.75) is 26.7 Å². The molecule has 0 aromatic heterocycles. The molecule has 1 amide bonds. The molecule has 0 saturated heterocycles. The predicted molar refractivity (Wildman–Crippen MR) is 109 cm³/mol. The fourth-order valence-corrected chi connectivity index (χ4v) is 2.59. The van der Waals surface area contributed by atoms with Crippen LogP contribution >= 0.6 is 0 Å². The topological polar surface area (TPSA) is 90.9 Å². The SMILES string of the molecule is COc1ccc(OC)c(NC(=O)COC(=O)CCC(=O)c2ccc(C)c(C)c2)c1. The van der Waals surface area contributed by atoms with Crippen LogP contribution in [-0.4, -0.2) is 38.5 Å². The van der Waals surface area contributed by atoms with Crippen LogP contribution in [0.4, 0.5) is 5.69 Å². The van der Waals surface area contributed by atoms with Crippen LogP contribution in [0.3, 0.4) is 0 Å². The number of hydrogen-bond acceptors (Lipinski definition) is 6. The van der Waals surface area contributed by atoms with E-state index in [1.807, 2.05) is 19.9 Å². The Hall–Kier alpha value is -3.35.